The van der Waals surface area contributed by atoms with Gasteiger partial charge in [0.25, 0.3) is 0 Å². The molecule has 1 atom stereocenters. The topological polar surface area (TPSA) is 41.6 Å². The maximum absolute atomic E-state index is 12.4. The van der Waals surface area contributed by atoms with Crippen molar-refractivity contribution < 1.29 is 9.53 Å². The highest BCUT2D eigenvalue weighted by atomic mass is 16.5. The molecule has 1 heterocycles. The number of hydrogen-bond donors (Lipinski definition) is 1. The number of hydrogen-bond acceptors (Lipinski definition) is 3. The molecule has 122 valence electrons. The van der Waals surface area contributed by atoms with Crippen LogP contribution in [0.3, 0.4) is 0 Å². The molecule has 1 amide bonds. The lowest BCUT2D eigenvalue weighted by atomic mass is 9.93. The molecule has 0 aliphatic carbocycles. The Bertz CT molecular complexity index is 430. The van der Waals surface area contributed by atoms with E-state index in [4.69, 9.17) is 4.74 Å². The zero-order valence-corrected chi connectivity index (χ0v) is 13.6. The van der Waals surface area contributed by atoms with Crippen LogP contribution in [0.5, 0.6) is 0 Å². The molecule has 4 heteroatoms. The van der Waals surface area contributed by atoms with Crippen molar-refractivity contribution in [3.8, 4) is 0 Å². The van der Waals surface area contributed by atoms with Crippen molar-refractivity contribution in [2.24, 2.45) is 0 Å². The third kappa shape index (κ3) is 5.43. The minimum absolute atomic E-state index is 0.0189. The number of amides is 1. The predicted molar refractivity (Wildman–Crippen MR) is 89.0 cm³/mol. The fourth-order valence-corrected chi connectivity index (χ4v) is 2.89. The Hall–Kier alpha value is -1.39. The van der Waals surface area contributed by atoms with Gasteiger partial charge in [0.05, 0.1) is 19.1 Å². The molecule has 1 aliphatic rings. The van der Waals surface area contributed by atoms with Crippen LogP contribution in [0, 0.1) is 0 Å². The van der Waals surface area contributed by atoms with Crippen molar-refractivity contribution in [1.82, 2.24) is 10.2 Å². The van der Waals surface area contributed by atoms with Crippen LogP contribution in [-0.2, 0) is 9.53 Å². The molecule has 1 aromatic rings. The zero-order valence-electron chi connectivity index (χ0n) is 13.6. The molecular weight excluding hydrogens is 276 g/mol. The van der Waals surface area contributed by atoms with E-state index in [1.165, 1.54) is 0 Å². The fraction of sp³-hybridized carbons (Fsp3) is 0.611. The number of nitrogens with zero attached hydrogens (tertiary/aromatic N) is 1. The Morgan fingerprint density at radius 1 is 1.27 bits per heavy atom. The number of carbonyl (C=O) groups is 1. The van der Waals surface area contributed by atoms with Crippen LogP contribution < -0.4 is 5.32 Å². The van der Waals surface area contributed by atoms with Crippen LogP contribution in [0.2, 0.25) is 0 Å². The van der Waals surface area contributed by atoms with Gasteiger partial charge in [-0.25, -0.2) is 0 Å². The summed E-state index contributed by atoms with van der Waals surface area (Å²) in [6.07, 6.45) is 2.92. The van der Waals surface area contributed by atoms with Gasteiger partial charge in [-0.15, -0.1) is 0 Å². The monoisotopic (exact) mass is 304 g/mol. The normalized spacial score (nSPS) is 17.1. The van der Waals surface area contributed by atoms with Gasteiger partial charge < -0.3 is 10.1 Å². The summed E-state index contributed by atoms with van der Waals surface area (Å²) >= 11 is 0. The van der Waals surface area contributed by atoms with Crippen molar-refractivity contribution in [2.75, 3.05) is 39.4 Å². The molecule has 1 N–H and O–H groups in total. The van der Waals surface area contributed by atoms with Gasteiger partial charge in [-0.05, 0) is 24.9 Å². The molecule has 0 saturated carbocycles. The van der Waals surface area contributed by atoms with Crippen LogP contribution in [0.15, 0.2) is 30.3 Å². The first kappa shape index (κ1) is 17.0. The summed E-state index contributed by atoms with van der Waals surface area (Å²) in [5.74, 6) is 0.143. The van der Waals surface area contributed by atoms with Gasteiger partial charge in [0.1, 0.15) is 0 Å². The molecule has 1 fully saturated rings. The van der Waals surface area contributed by atoms with E-state index in [2.05, 4.69) is 17.1 Å². The van der Waals surface area contributed by atoms with E-state index in [1.54, 1.807) is 0 Å². The highest BCUT2D eigenvalue weighted by Gasteiger charge is 2.19. The van der Waals surface area contributed by atoms with Crippen LogP contribution >= 0.6 is 0 Å². The quantitative estimate of drug-likeness (QED) is 0.750. The maximum atomic E-state index is 12.4. The van der Waals surface area contributed by atoms with Crippen molar-refractivity contribution >= 4 is 5.91 Å². The Labute approximate surface area is 133 Å². The van der Waals surface area contributed by atoms with Crippen molar-refractivity contribution in [2.45, 2.75) is 32.1 Å². The maximum Gasteiger partial charge on any atom is 0.227 e. The lowest BCUT2D eigenvalue weighted by Crippen LogP contribution is -2.38. The van der Waals surface area contributed by atoms with Crippen LogP contribution in [0.4, 0.5) is 0 Å². The molecule has 4 nitrogen and oxygen atoms in total. The average molecular weight is 304 g/mol. The molecule has 1 aromatic carbocycles. The second kappa shape index (κ2) is 9.59. The third-order valence-corrected chi connectivity index (χ3v) is 4.15. The number of carbonyl (C=O) groups excluding carboxylic acids is 1. The average Bonchev–Trinajstić information content (AvgIpc) is 2.58. The van der Waals surface area contributed by atoms with E-state index in [9.17, 15) is 4.79 Å². The first-order valence-corrected chi connectivity index (χ1v) is 8.44. The van der Waals surface area contributed by atoms with Gasteiger partial charge in [0, 0.05) is 19.6 Å². The summed E-state index contributed by atoms with van der Waals surface area (Å²) in [6.45, 7) is 7.60. The van der Waals surface area contributed by atoms with E-state index >= 15 is 0 Å². The number of morpholine rings is 1. The molecular formula is C18H28N2O2. The lowest BCUT2D eigenvalue weighted by molar-refractivity contribution is -0.122. The zero-order chi connectivity index (χ0) is 15.6. The Morgan fingerprint density at radius 2 is 2.00 bits per heavy atom. The molecule has 0 spiro atoms. The third-order valence-electron chi connectivity index (χ3n) is 4.15. The van der Waals surface area contributed by atoms with Gasteiger partial charge in [0.15, 0.2) is 0 Å². The van der Waals surface area contributed by atoms with E-state index in [1.807, 2.05) is 30.3 Å². The van der Waals surface area contributed by atoms with Crippen LogP contribution in [0.25, 0.3) is 0 Å². The van der Waals surface area contributed by atoms with E-state index < -0.39 is 0 Å². The molecule has 2 rings (SSSR count). The van der Waals surface area contributed by atoms with Gasteiger partial charge in [-0.1, -0.05) is 43.7 Å². The Morgan fingerprint density at radius 3 is 2.68 bits per heavy atom. The van der Waals surface area contributed by atoms with E-state index in [-0.39, 0.29) is 11.8 Å². The van der Waals surface area contributed by atoms with Gasteiger partial charge in [0.2, 0.25) is 5.91 Å². The second-order valence-corrected chi connectivity index (χ2v) is 5.85. The highest BCUT2D eigenvalue weighted by Crippen LogP contribution is 2.21. The lowest BCUT2D eigenvalue weighted by Gasteiger charge is -2.26. The summed E-state index contributed by atoms with van der Waals surface area (Å²) in [7, 11) is 0. The first-order valence-electron chi connectivity index (χ1n) is 8.44. The van der Waals surface area contributed by atoms with Gasteiger partial charge in [-0.2, -0.15) is 0 Å². The summed E-state index contributed by atoms with van der Waals surface area (Å²) in [6, 6.07) is 10.1. The molecule has 0 radical (unpaired) electrons. The molecule has 0 bridgehead atoms. The summed E-state index contributed by atoms with van der Waals surface area (Å²) < 4.78 is 5.34. The molecule has 1 unspecified atom stereocenters. The van der Waals surface area contributed by atoms with Crippen LogP contribution in [0.1, 0.15) is 37.7 Å². The molecule has 22 heavy (non-hydrogen) atoms. The van der Waals surface area contributed by atoms with Gasteiger partial charge in [-0.3, -0.25) is 9.69 Å². The summed E-state index contributed by atoms with van der Waals surface area (Å²) in [4.78, 5) is 14.8. The number of benzene rings is 1. The smallest absolute Gasteiger partial charge is 0.227 e. The fourth-order valence-electron chi connectivity index (χ4n) is 2.89. The van der Waals surface area contributed by atoms with Crippen molar-refractivity contribution in [3.05, 3.63) is 35.9 Å². The molecule has 1 saturated heterocycles. The number of rotatable bonds is 8. The number of nitrogens with one attached hydrogen (secondary N) is 1. The summed E-state index contributed by atoms with van der Waals surface area (Å²) in [5, 5.41) is 3.11. The predicted octanol–water partition coefficient (Wildman–Crippen LogP) is 2.41. The Kier molecular flexibility index (Phi) is 7.40. The summed E-state index contributed by atoms with van der Waals surface area (Å²) in [5.41, 5.74) is 1.12. The first-order chi connectivity index (χ1) is 10.8. The van der Waals surface area contributed by atoms with E-state index in [0.29, 0.717) is 0 Å². The highest BCUT2D eigenvalue weighted by molar-refractivity contribution is 5.83. The Balaban J connectivity index is 1.74. The largest absolute Gasteiger partial charge is 0.379 e. The van der Waals surface area contributed by atoms with Crippen molar-refractivity contribution in [3.63, 3.8) is 0 Å². The van der Waals surface area contributed by atoms with Gasteiger partial charge >= 0.3 is 0 Å². The molecule has 1 aliphatic heterocycles. The van der Waals surface area contributed by atoms with Crippen molar-refractivity contribution in [1.29, 1.82) is 0 Å². The minimum atomic E-state index is -0.0189. The van der Waals surface area contributed by atoms with E-state index in [0.717, 1.165) is 64.2 Å². The van der Waals surface area contributed by atoms with Crippen LogP contribution in [-0.4, -0.2) is 50.2 Å². The number of ether oxygens (including phenoxy) is 1. The SMILES string of the molecule is CCCC(C(=O)NCCCN1CCOCC1)c1ccccc1. The standard InChI is InChI=1S/C18H28N2O2/c1-2-7-17(16-8-4-3-5-9-16)18(21)19-10-6-11-20-12-14-22-15-13-20/h3-5,8-9,17H,2,6-7,10-15H2,1H3,(H,19,21). The minimum Gasteiger partial charge on any atom is -0.379 e. The molecule has 0 aromatic heterocycles. The second-order valence-electron chi connectivity index (χ2n) is 5.85.